The molecule has 26 heavy (non-hydrogen) atoms. The molecule has 1 aliphatic heterocycles. The van der Waals surface area contributed by atoms with Gasteiger partial charge in [-0.25, -0.2) is 23.9 Å². The summed E-state index contributed by atoms with van der Waals surface area (Å²) in [6, 6.07) is 3.58. The predicted molar refractivity (Wildman–Crippen MR) is 88.0 cm³/mol. The van der Waals surface area contributed by atoms with E-state index >= 15 is 0 Å². The Kier molecular flexibility index (Phi) is 6.20. The largest absolute Gasteiger partial charge is 0.473 e. The molecule has 11 nitrogen and oxygen atoms in total. The Bertz CT molecular complexity index is 868. The van der Waals surface area contributed by atoms with Gasteiger partial charge in [0.2, 0.25) is 5.91 Å². The molecular formula is C15H18N4O7. The van der Waals surface area contributed by atoms with Crippen molar-refractivity contribution in [2.24, 2.45) is 0 Å². The second-order valence-corrected chi connectivity index (χ2v) is 5.39. The van der Waals surface area contributed by atoms with Crippen molar-refractivity contribution in [3.05, 3.63) is 28.8 Å². The molecule has 0 aromatic carbocycles. The van der Waals surface area contributed by atoms with Crippen molar-refractivity contribution in [1.29, 1.82) is 0 Å². The number of ether oxygens (including phenoxy) is 1. The Morgan fingerprint density at radius 3 is 2.35 bits per heavy atom. The maximum Gasteiger partial charge on any atom is 0.414 e. The normalized spacial score (nSPS) is 14.5. The van der Waals surface area contributed by atoms with E-state index in [1.807, 2.05) is 6.07 Å². The summed E-state index contributed by atoms with van der Waals surface area (Å²) in [5, 5.41) is 14.8. The van der Waals surface area contributed by atoms with Gasteiger partial charge in [0, 0.05) is 26.2 Å². The molecule has 0 aliphatic carbocycles. The molecule has 1 aliphatic rings. The maximum absolute atomic E-state index is 12.4. The van der Waals surface area contributed by atoms with E-state index in [4.69, 9.17) is 24.5 Å². The Hall–Kier alpha value is -3.05. The molecule has 1 saturated heterocycles. The number of carboxylic acid groups (broad SMARTS) is 2. The van der Waals surface area contributed by atoms with Crippen LogP contribution in [-0.4, -0.2) is 73.4 Å². The minimum Gasteiger partial charge on any atom is -0.473 e. The van der Waals surface area contributed by atoms with Crippen molar-refractivity contribution in [1.82, 2.24) is 19.0 Å². The fourth-order valence-corrected chi connectivity index (χ4v) is 2.45. The zero-order valence-corrected chi connectivity index (χ0v) is 14.0. The number of aliphatic carboxylic acids is 2. The third kappa shape index (κ3) is 4.32. The van der Waals surface area contributed by atoms with Gasteiger partial charge >= 0.3 is 17.6 Å². The van der Waals surface area contributed by atoms with Gasteiger partial charge in [-0.3, -0.25) is 14.3 Å². The molecule has 2 N–H and O–H groups in total. The molecule has 0 unspecified atom stereocenters. The standard InChI is InChI=1S/C13H16N4O3.C2H2O4/c1-10(18)17-12-11(3-2-4-14-12)16(13(17)19)9-15-5-7-20-8-6-15;3-1(4)2(5)6/h2-4H,5-9H2,1H3;(H,3,4)(H,5,6). The molecule has 1 fully saturated rings. The number of aromatic nitrogens is 3. The average molecular weight is 366 g/mol. The number of imidazole rings is 1. The van der Waals surface area contributed by atoms with Crippen LogP contribution in [0.15, 0.2) is 23.1 Å². The summed E-state index contributed by atoms with van der Waals surface area (Å²) < 4.78 is 8.01. The second kappa shape index (κ2) is 8.36. The molecule has 3 rings (SSSR count). The van der Waals surface area contributed by atoms with Crippen LogP contribution >= 0.6 is 0 Å². The van der Waals surface area contributed by atoms with Crippen LogP contribution in [0.4, 0.5) is 0 Å². The molecule has 11 heteroatoms. The van der Waals surface area contributed by atoms with E-state index in [0.717, 1.165) is 17.7 Å². The van der Waals surface area contributed by atoms with E-state index in [-0.39, 0.29) is 11.6 Å². The molecule has 0 atom stereocenters. The average Bonchev–Trinajstić information content (AvgIpc) is 2.88. The zero-order valence-electron chi connectivity index (χ0n) is 14.0. The smallest absolute Gasteiger partial charge is 0.414 e. The number of rotatable bonds is 2. The quantitative estimate of drug-likeness (QED) is 0.659. The van der Waals surface area contributed by atoms with Crippen LogP contribution in [0, 0.1) is 0 Å². The Morgan fingerprint density at radius 2 is 1.81 bits per heavy atom. The molecule has 3 heterocycles. The molecule has 0 amide bonds. The topological polar surface area (TPSA) is 144 Å². The summed E-state index contributed by atoms with van der Waals surface area (Å²) >= 11 is 0. The predicted octanol–water partition coefficient (Wildman–Crippen LogP) is -0.697. The highest BCUT2D eigenvalue weighted by molar-refractivity contribution is 6.27. The van der Waals surface area contributed by atoms with E-state index in [1.54, 1.807) is 16.8 Å². The summed E-state index contributed by atoms with van der Waals surface area (Å²) in [5.41, 5.74) is 0.759. The van der Waals surface area contributed by atoms with Gasteiger partial charge in [0.1, 0.15) is 0 Å². The number of fused-ring (bicyclic) bond motifs is 1. The lowest BCUT2D eigenvalue weighted by molar-refractivity contribution is -0.159. The lowest BCUT2D eigenvalue weighted by Crippen LogP contribution is -2.40. The molecule has 140 valence electrons. The number of hydrogen-bond donors (Lipinski definition) is 2. The molecular weight excluding hydrogens is 348 g/mol. The fourth-order valence-electron chi connectivity index (χ4n) is 2.45. The van der Waals surface area contributed by atoms with Gasteiger partial charge in [0.05, 0.1) is 25.4 Å². The van der Waals surface area contributed by atoms with Gasteiger partial charge in [0.15, 0.2) is 5.65 Å². The SMILES string of the molecule is CC(=O)n1c(=O)n(CN2CCOCC2)c2cccnc21.O=C(O)C(=O)O. The number of carboxylic acids is 2. The lowest BCUT2D eigenvalue weighted by Gasteiger charge is -2.26. The molecule has 0 spiro atoms. The summed E-state index contributed by atoms with van der Waals surface area (Å²) in [4.78, 5) is 48.6. The highest BCUT2D eigenvalue weighted by Crippen LogP contribution is 2.11. The van der Waals surface area contributed by atoms with Gasteiger partial charge in [-0.05, 0) is 12.1 Å². The van der Waals surface area contributed by atoms with Gasteiger partial charge in [-0.2, -0.15) is 0 Å². The van der Waals surface area contributed by atoms with Crippen LogP contribution in [0.25, 0.3) is 11.2 Å². The van der Waals surface area contributed by atoms with Crippen LogP contribution in [0.3, 0.4) is 0 Å². The summed E-state index contributed by atoms with van der Waals surface area (Å²) in [7, 11) is 0. The fraction of sp³-hybridized carbons (Fsp3) is 0.400. The third-order valence-electron chi connectivity index (χ3n) is 3.63. The minimum atomic E-state index is -1.82. The molecule has 2 aromatic heterocycles. The first kappa shape index (κ1) is 19.3. The monoisotopic (exact) mass is 366 g/mol. The van der Waals surface area contributed by atoms with E-state index in [2.05, 4.69) is 9.88 Å². The number of morpholine rings is 1. The van der Waals surface area contributed by atoms with Crippen molar-refractivity contribution >= 4 is 29.0 Å². The number of pyridine rings is 1. The van der Waals surface area contributed by atoms with Crippen LogP contribution in [0.5, 0.6) is 0 Å². The Morgan fingerprint density at radius 1 is 1.19 bits per heavy atom. The van der Waals surface area contributed by atoms with Gasteiger partial charge < -0.3 is 14.9 Å². The number of carbonyl (C=O) groups excluding carboxylic acids is 1. The van der Waals surface area contributed by atoms with E-state index in [0.29, 0.717) is 31.0 Å². The Balaban J connectivity index is 0.000000352. The van der Waals surface area contributed by atoms with Crippen LogP contribution in [-0.2, 0) is 21.0 Å². The van der Waals surface area contributed by atoms with E-state index in [9.17, 15) is 9.59 Å². The first-order valence-electron chi connectivity index (χ1n) is 7.66. The van der Waals surface area contributed by atoms with Gasteiger partial charge in [-0.15, -0.1) is 0 Å². The van der Waals surface area contributed by atoms with Crippen molar-refractivity contribution in [3.8, 4) is 0 Å². The van der Waals surface area contributed by atoms with Crippen LogP contribution < -0.4 is 5.69 Å². The summed E-state index contributed by atoms with van der Waals surface area (Å²) in [6.07, 6.45) is 1.58. The van der Waals surface area contributed by atoms with Gasteiger partial charge in [0.25, 0.3) is 0 Å². The second-order valence-electron chi connectivity index (χ2n) is 5.39. The molecule has 0 bridgehead atoms. The van der Waals surface area contributed by atoms with E-state index in [1.165, 1.54) is 6.92 Å². The van der Waals surface area contributed by atoms with E-state index < -0.39 is 11.9 Å². The lowest BCUT2D eigenvalue weighted by atomic mass is 10.4. The van der Waals surface area contributed by atoms with Crippen molar-refractivity contribution < 1.29 is 29.3 Å². The number of carbonyl (C=O) groups is 3. The minimum absolute atomic E-state index is 0.320. The van der Waals surface area contributed by atoms with Crippen LogP contribution in [0.2, 0.25) is 0 Å². The Labute approximate surface area is 147 Å². The number of hydrogen-bond acceptors (Lipinski definition) is 7. The molecule has 0 radical (unpaired) electrons. The van der Waals surface area contributed by atoms with Crippen LogP contribution in [0.1, 0.15) is 11.7 Å². The summed E-state index contributed by atoms with van der Waals surface area (Å²) in [5.74, 6) is -3.97. The first-order valence-corrected chi connectivity index (χ1v) is 7.66. The maximum atomic E-state index is 12.4. The van der Waals surface area contributed by atoms with Crippen molar-refractivity contribution in [3.63, 3.8) is 0 Å². The van der Waals surface area contributed by atoms with Crippen molar-refractivity contribution in [2.45, 2.75) is 13.6 Å². The molecule has 0 saturated carbocycles. The third-order valence-corrected chi connectivity index (χ3v) is 3.63. The van der Waals surface area contributed by atoms with Crippen molar-refractivity contribution in [2.75, 3.05) is 26.3 Å². The van der Waals surface area contributed by atoms with Gasteiger partial charge in [-0.1, -0.05) is 0 Å². The summed E-state index contributed by atoms with van der Waals surface area (Å²) in [6.45, 7) is 4.70. The highest BCUT2D eigenvalue weighted by atomic mass is 16.5. The molecule has 2 aromatic rings. The first-order chi connectivity index (χ1) is 12.3. The number of nitrogens with zero attached hydrogens (tertiary/aromatic N) is 4. The highest BCUT2D eigenvalue weighted by Gasteiger charge is 2.19. The zero-order chi connectivity index (χ0) is 19.3.